The number of hydrogen-bond donors (Lipinski definition) is 1. The Morgan fingerprint density at radius 1 is 1.21 bits per heavy atom. The van der Waals surface area contributed by atoms with Crippen LogP contribution in [0.1, 0.15) is 27.8 Å². The number of carbonyl (C=O) groups is 1. The number of aliphatic hydroxyl groups excluding tert-OH is 1. The van der Waals surface area contributed by atoms with E-state index in [1.165, 1.54) is 12.1 Å². The Morgan fingerprint density at radius 2 is 2.04 bits per heavy atom. The van der Waals surface area contributed by atoms with E-state index in [2.05, 4.69) is 4.57 Å². The Labute approximate surface area is 161 Å². The molecule has 5 rings (SSSR count). The zero-order valence-corrected chi connectivity index (χ0v) is 15.6. The molecule has 1 unspecified atom stereocenters. The van der Waals surface area contributed by atoms with Gasteiger partial charge in [-0.15, -0.1) is 0 Å². The number of amides is 1. The molecule has 0 fully saturated rings. The summed E-state index contributed by atoms with van der Waals surface area (Å²) in [6.07, 6.45) is -0.361. The number of ether oxygens (including phenoxy) is 1. The van der Waals surface area contributed by atoms with Gasteiger partial charge in [-0.25, -0.2) is 4.39 Å². The van der Waals surface area contributed by atoms with E-state index in [1.54, 1.807) is 18.1 Å². The topological polar surface area (TPSA) is 57.9 Å². The summed E-state index contributed by atoms with van der Waals surface area (Å²) in [5.74, 6) is 0.111. The second-order valence-corrected chi connectivity index (χ2v) is 7.20. The highest BCUT2D eigenvalue weighted by molar-refractivity contribution is 6.02. The van der Waals surface area contributed by atoms with E-state index in [0.29, 0.717) is 24.3 Å². The third-order valence-corrected chi connectivity index (χ3v) is 5.88. The van der Waals surface area contributed by atoms with Crippen LogP contribution in [0.2, 0.25) is 0 Å². The number of halogens is 1. The predicted molar refractivity (Wildman–Crippen MR) is 103 cm³/mol. The zero-order valence-electron chi connectivity index (χ0n) is 15.6. The first-order chi connectivity index (χ1) is 13.5. The monoisotopic (exact) mass is 381 g/mol. The van der Waals surface area contributed by atoms with Crippen molar-refractivity contribution in [3.05, 3.63) is 59.0 Å². The van der Waals surface area contributed by atoms with E-state index < -0.39 is 5.82 Å². The maximum absolute atomic E-state index is 13.7. The maximum atomic E-state index is 13.7. The van der Waals surface area contributed by atoms with Crippen molar-refractivity contribution < 1.29 is 19.0 Å². The molecule has 1 amide bonds. The SMILES string of the molecule is COc1ccc2c(c1)c(CO)c1n2CCN2C(=O)c3cc(F)ccc3N(C)C12. The molecule has 144 valence electrons. The Hall–Kier alpha value is -3.06. The van der Waals surface area contributed by atoms with Crippen molar-refractivity contribution in [2.24, 2.45) is 0 Å². The molecular weight excluding hydrogens is 361 g/mol. The van der Waals surface area contributed by atoms with Crippen molar-refractivity contribution in [1.29, 1.82) is 0 Å². The van der Waals surface area contributed by atoms with Crippen molar-refractivity contribution >= 4 is 22.5 Å². The fourth-order valence-corrected chi connectivity index (χ4v) is 4.61. The van der Waals surface area contributed by atoms with Gasteiger partial charge in [-0.05, 0) is 36.4 Å². The average molecular weight is 381 g/mol. The molecule has 0 bridgehead atoms. The zero-order chi connectivity index (χ0) is 19.6. The molecule has 2 aliphatic heterocycles. The molecule has 2 aliphatic rings. The highest BCUT2D eigenvalue weighted by Crippen LogP contribution is 2.44. The number of carbonyl (C=O) groups excluding carboxylic acids is 1. The van der Waals surface area contributed by atoms with Gasteiger partial charge in [0, 0.05) is 36.6 Å². The molecule has 1 N–H and O–H groups in total. The van der Waals surface area contributed by atoms with Crippen LogP contribution in [-0.4, -0.2) is 41.2 Å². The second kappa shape index (κ2) is 5.97. The fourth-order valence-electron chi connectivity index (χ4n) is 4.61. The summed E-state index contributed by atoms with van der Waals surface area (Å²) in [5.41, 5.74) is 3.74. The molecule has 1 aromatic heterocycles. The van der Waals surface area contributed by atoms with Gasteiger partial charge in [0.25, 0.3) is 5.91 Å². The molecule has 3 aromatic rings. The van der Waals surface area contributed by atoms with E-state index in [0.717, 1.165) is 27.9 Å². The Balaban J connectivity index is 1.76. The number of anilines is 1. The van der Waals surface area contributed by atoms with E-state index in [9.17, 15) is 14.3 Å². The standard InChI is InChI=1S/C21H20FN3O3/c1-23-17-5-3-12(22)9-15(17)21(27)25-8-7-24-18-6-4-13(28-2)10-14(18)16(11-26)19(24)20(23)25/h3-6,9-10,20,26H,7-8,11H2,1-2H3. The fraction of sp³-hybridized carbons (Fsp3) is 0.286. The first-order valence-corrected chi connectivity index (χ1v) is 9.18. The summed E-state index contributed by atoms with van der Waals surface area (Å²) in [6, 6.07) is 10.1. The van der Waals surface area contributed by atoms with Gasteiger partial charge >= 0.3 is 0 Å². The lowest BCUT2D eigenvalue weighted by Gasteiger charge is -2.47. The normalized spacial score (nSPS) is 18.1. The molecule has 0 saturated heterocycles. The van der Waals surface area contributed by atoms with Crippen molar-refractivity contribution in [3.8, 4) is 5.75 Å². The van der Waals surface area contributed by atoms with E-state index >= 15 is 0 Å². The van der Waals surface area contributed by atoms with Crippen molar-refractivity contribution in [2.45, 2.75) is 19.3 Å². The Kier molecular flexibility index (Phi) is 3.64. The lowest BCUT2D eigenvalue weighted by atomic mass is 10.0. The summed E-state index contributed by atoms with van der Waals surface area (Å²) in [5, 5.41) is 11.1. The van der Waals surface area contributed by atoms with Gasteiger partial charge in [-0.2, -0.15) is 0 Å². The molecule has 1 atom stereocenters. The van der Waals surface area contributed by atoms with Gasteiger partial charge in [-0.1, -0.05) is 0 Å². The Morgan fingerprint density at radius 3 is 2.79 bits per heavy atom. The third kappa shape index (κ3) is 2.13. The second-order valence-electron chi connectivity index (χ2n) is 7.20. The van der Waals surface area contributed by atoms with Crippen LogP contribution in [0, 0.1) is 5.82 Å². The molecule has 2 aromatic carbocycles. The summed E-state index contributed by atoms with van der Waals surface area (Å²) >= 11 is 0. The quantitative estimate of drug-likeness (QED) is 0.742. The van der Waals surface area contributed by atoms with Crippen LogP contribution >= 0.6 is 0 Å². The highest BCUT2D eigenvalue weighted by atomic mass is 19.1. The van der Waals surface area contributed by atoms with E-state index in [4.69, 9.17) is 4.74 Å². The molecule has 3 heterocycles. The average Bonchev–Trinajstić information content (AvgIpc) is 3.04. The van der Waals surface area contributed by atoms with Crippen molar-refractivity contribution in [3.63, 3.8) is 0 Å². The number of hydrogen-bond acceptors (Lipinski definition) is 4. The van der Waals surface area contributed by atoms with Crippen LogP contribution in [0.15, 0.2) is 36.4 Å². The summed E-state index contributed by atoms with van der Waals surface area (Å²) in [6.45, 7) is 0.977. The third-order valence-electron chi connectivity index (χ3n) is 5.88. The number of nitrogens with zero attached hydrogens (tertiary/aromatic N) is 3. The number of rotatable bonds is 2. The van der Waals surface area contributed by atoms with Crippen LogP contribution in [0.25, 0.3) is 10.9 Å². The van der Waals surface area contributed by atoms with Gasteiger partial charge in [0.2, 0.25) is 0 Å². The lowest BCUT2D eigenvalue weighted by molar-refractivity contribution is 0.0597. The van der Waals surface area contributed by atoms with Crippen LogP contribution < -0.4 is 9.64 Å². The largest absolute Gasteiger partial charge is 0.497 e. The number of aromatic nitrogens is 1. The van der Waals surface area contributed by atoms with E-state index in [1.807, 2.05) is 30.1 Å². The maximum Gasteiger partial charge on any atom is 0.258 e. The van der Waals surface area contributed by atoms with Gasteiger partial charge in [0.1, 0.15) is 17.7 Å². The summed E-state index contributed by atoms with van der Waals surface area (Å²) < 4.78 is 21.3. The molecule has 0 saturated carbocycles. The molecular formula is C21H20FN3O3. The minimum atomic E-state index is -0.423. The molecule has 6 nitrogen and oxygen atoms in total. The Bertz CT molecular complexity index is 1120. The van der Waals surface area contributed by atoms with Crippen LogP contribution in [0.4, 0.5) is 10.1 Å². The highest BCUT2D eigenvalue weighted by Gasteiger charge is 2.42. The number of aliphatic hydroxyl groups is 1. The van der Waals surface area contributed by atoms with E-state index in [-0.39, 0.29) is 18.7 Å². The summed E-state index contributed by atoms with van der Waals surface area (Å²) in [4.78, 5) is 16.9. The number of fused-ring (bicyclic) bond motifs is 6. The number of benzene rings is 2. The smallest absolute Gasteiger partial charge is 0.258 e. The van der Waals surface area contributed by atoms with Gasteiger partial charge in [-0.3, -0.25) is 4.79 Å². The molecule has 0 radical (unpaired) electrons. The predicted octanol–water partition coefficient (Wildman–Crippen LogP) is 2.89. The number of methoxy groups -OCH3 is 1. The minimum Gasteiger partial charge on any atom is -0.497 e. The van der Waals surface area contributed by atoms with Crippen molar-refractivity contribution in [1.82, 2.24) is 9.47 Å². The lowest BCUT2D eigenvalue weighted by Crippen LogP contribution is -2.52. The van der Waals surface area contributed by atoms with Crippen LogP contribution in [0.5, 0.6) is 5.75 Å². The minimum absolute atomic E-state index is 0.144. The molecule has 28 heavy (non-hydrogen) atoms. The van der Waals surface area contributed by atoms with Crippen molar-refractivity contribution in [2.75, 3.05) is 25.6 Å². The van der Waals surface area contributed by atoms with Gasteiger partial charge in [0.15, 0.2) is 0 Å². The molecule has 7 heteroatoms. The molecule has 0 spiro atoms. The van der Waals surface area contributed by atoms with Gasteiger partial charge in [0.05, 0.1) is 30.7 Å². The first kappa shape index (κ1) is 17.1. The first-order valence-electron chi connectivity index (χ1n) is 9.18. The van der Waals surface area contributed by atoms with Crippen LogP contribution in [-0.2, 0) is 13.2 Å². The van der Waals surface area contributed by atoms with Crippen LogP contribution in [0.3, 0.4) is 0 Å². The summed E-state index contributed by atoms with van der Waals surface area (Å²) in [7, 11) is 3.51. The van der Waals surface area contributed by atoms with Gasteiger partial charge < -0.3 is 24.2 Å². The molecule has 0 aliphatic carbocycles.